The van der Waals surface area contributed by atoms with Crippen LogP contribution in [0.15, 0.2) is 0 Å². The van der Waals surface area contributed by atoms with Crippen LogP contribution in [0, 0.1) is 23.7 Å². The third-order valence-electron chi connectivity index (χ3n) is 1.04. The first kappa shape index (κ1) is 9.96. The van der Waals surface area contributed by atoms with Crippen molar-refractivity contribution in [3.63, 3.8) is 0 Å². The number of nitrogens with zero attached hydrogens (tertiary/aromatic N) is 2. The van der Waals surface area contributed by atoms with Crippen LogP contribution >= 0.6 is 0 Å². The third kappa shape index (κ3) is 3.03. The summed E-state index contributed by atoms with van der Waals surface area (Å²) in [6.07, 6.45) is 4.88. The number of terminal acetylenes is 1. The summed E-state index contributed by atoms with van der Waals surface area (Å²) in [6.45, 7) is 0.00398. The smallest absolute Gasteiger partial charge is 0.211 e. The molecule has 0 atom stereocenters. The fourth-order valence-electron chi connectivity index (χ4n) is 0.419. The molecule has 0 radical (unpaired) electrons. The molecule has 0 unspecified atom stereocenters. The molecule has 0 saturated carbocycles. The SMILES string of the molecule is C#CCN(C)S(=O)(=O)CC#N. The zero-order chi connectivity index (χ0) is 8.91. The minimum absolute atomic E-state index is 0.00398. The van der Waals surface area contributed by atoms with E-state index in [1.807, 2.05) is 0 Å². The van der Waals surface area contributed by atoms with Gasteiger partial charge >= 0.3 is 0 Å². The van der Waals surface area contributed by atoms with Crippen LogP contribution in [0.2, 0.25) is 0 Å². The maximum atomic E-state index is 10.9. The number of hydrogen-bond acceptors (Lipinski definition) is 3. The highest BCUT2D eigenvalue weighted by molar-refractivity contribution is 7.89. The van der Waals surface area contributed by atoms with Crippen LogP contribution in [0.25, 0.3) is 0 Å². The van der Waals surface area contributed by atoms with Crippen molar-refractivity contribution in [1.82, 2.24) is 4.31 Å². The molecule has 0 aliphatic carbocycles. The Bertz CT molecular complexity index is 294. The molecule has 0 spiro atoms. The Morgan fingerprint density at radius 1 is 1.64 bits per heavy atom. The van der Waals surface area contributed by atoms with E-state index in [4.69, 9.17) is 11.7 Å². The third-order valence-corrected chi connectivity index (χ3v) is 2.61. The summed E-state index contributed by atoms with van der Waals surface area (Å²) in [5.41, 5.74) is 0. The van der Waals surface area contributed by atoms with Gasteiger partial charge in [-0.1, -0.05) is 5.92 Å². The van der Waals surface area contributed by atoms with E-state index in [9.17, 15) is 8.42 Å². The van der Waals surface area contributed by atoms with Gasteiger partial charge in [-0.25, -0.2) is 8.42 Å². The molecule has 0 saturated heterocycles. The molecule has 0 fully saturated rings. The second-order valence-corrected chi connectivity index (χ2v) is 3.95. The summed E-state index contributed by atoms with van der Waals surface area (Å²) in [5, 5.41) is 8.11. The van der Waals surface area contributed by atoms with E-state index in [0.717, 1.165) is 4.31 Å². The van der Waals surface area contributed by atoms with Crippen molar-refractivity contribution in [2.24, 2.45) is 0 Å². The van der Waals surface area contributed by atoms with E-state index in [-0.39, 0.29) is 6.54 Å². The van der Waals surface area contributed by atoms with Crippen LogP contribution in [0.1, 0.15) is 0 Å². The summed E-state index contributed by atoms with van der Waals surface area (Å²) in [6, 6.07) is 1.55. The first-order valence-electron chi connectivity index (χ1n) is 2.79. The Labute approximate surface area is 66.5 Å². The van der Waals surface area contributed by atoms with Gasteiger partial charge in [-0.15, -0.1) is 6.42 Å². The molecule has 60 valence electrons. The van der Waals surface area contributed by atoms with E-state index >= 15 is 0 Å². The Morgan fingerprint density at radius 2 is 2.18 bits per heavy atom. The largest absolute Gasteiger partial charge is 0.228 e. The van der Waals surface area contributed by atoms with E-state index in [1.165, 1.54) is 7.05 Å². The summed E-state index contributed by atoms with van der Waals surface area (Å²) in [5.74, 6) is 1.65. The molecule has 0 bridgehead atoms. The molecule has 0 heterocycles. The van der Waals surface area contributed by atoms with Crippen LogP contribution in [-0.4, -0.2) is 32.1 Å². The summed E-state index contributed by atoms with van der Waals surface area (Å²) >= 11 is 0. The number of sulfonamides is 1. The van der Waals surface area contributed by atoms with Crippen LogP contribution < -0.4 is 0 Å². The number of hydrogen-bond donors (Lipinski definition) is 0. The first-order valence-corrected chi connectivity index (χ1v) is 4.40. The lowest BCUT2D eigenvalue weighted by Gasteiger charge is -2.10. The van der Waals surface area contributed by atoms with Gasteiger partial charge in [-0.2, -0.15) is 9.57 Å². The predicted molar refractivity (Wildman–Crippen MR) is 40.9 cm³/mol. The standard InChI is InChI=1S/C6H8N2O2S/c1-3-5-8(2)11(9,10)6-4-7/h1H,5-6H2,2H3. The predicted octanol–water partition coefficient (Wildman–Crippen LogP) is -0.595. The Kier molecular flexibility index (Phi) is 3.59. The molecule has 11 heavy (non-hydrogen) atoms. The normalized spacial score (nSPS) is 10.5. The molecule has 0 N–H and O–H groups in total. The molecule has 0 aromatic carbocycles. The Balaban J connectivity index is 4.37. The zero-order valence-electron chi connectivity index (χ0n) is 6.11. The summed E-state index contributed by atoms with van der Waals surface area (Å²) < 4.78 is 22.8. The first-order chi connectivity index (χ1) is 5.04. The van der Waals surface area contributed by atoms with Gasteiger partial charge in [0.05, 0.1) is 12.6 Å². The average molecular weight is 172 g/mol. The lowest BCUT2D eigenvalue weighted by Crippen LogP contribution is -2.28. The molecule has 0 aliphatic rings. The van der Waals surface area contributed by atoms with Gasteiger partial charge in [0.2, 0.25) is 10.0 Å². The van der Waals surface area contributed by atoms with Crippen molar-refractivity contribution in [2.45, 2.75) is 0 Å². The quantitative estimate of drug-likeness (QED) is 0.534. The molecule has 0 rings (SSSR count). The van der Waals surface area contributed by atoms with Gasteiger partial charge in [-0.05, 0) is 0 Å². The van der Waals surface area contributed by atoms with E-state index in [1.54, 1.807) is 6.07 Å². The molecule has 4 nitrogen and oxygen atoms in total. The average Bonchev–Trinajstić information content (AvgIpc) is 1.88. The van der Waals surface area contributed by atoms with Crippen molar-refractivity contribution in [1.29, 1.82) is 5.26 Å². The highest BCUT2D eigenvalue weighted by Gasteiger charge is 2.15. The number of nitriles is 1. The second-order valence-electron chi connectivity index (χ2n) is 1.87. The van der Waals surface area contributed by atoms with Crippen LogP contribution in [-0.2, 0) is 10.0 Å². The van der Waals surface area contributed by atoms with Gasteiger partial charge in [0.1, 0.15) is 0 Å². The molecule has 5 heteroatoms. The van der Waals surface area contributed by atoms with Crippen molar-refractivity contribution in [3.8, 4) is 18.4 Å². The van der Waals surface area contributed by atoms with Gasteiger partial charge in [0.25, 0.3) is 0 Å². The van der Waals surface area contributed by atoms with Crippen LogP contribution in [0.5, 0.6) is 0 Å². The van der Waals surface area contributed by atoms with Gasteiger partial charge in [0.15, 0.2) is 5.75 Å². The van der Waals surface area contributed by atoms with Gasteiger partial charge < -0.3 is 0 Å². The Morgan fingerprint density at radius 3 is 2.55 bits per heavy atom. The minimum Gasteiger partial charge on any atom is -0.211 e. The molecular formula is C6H8N2O2S. The zero-order valence-corrected chi connectivity index (χ0v) is 6.93. The number of rotatable bonds is 3. The topological polar surface area (TPSA) is 61.2 Å². The summed E-state index contributed by atoms with van der Waals surface area (Å²) in [4.78, 5) is 0. The van der Waals surface area contributed by atoms with Crippen LogP contribution in [0.4, 0.5) is 0 Å². The van der Waals surface area contributed by atoms with Crippen molar-refractivity contribution in [2.75, 3.05) is 19.3 Å². The monoisotopic (exact) mass is 172 g/mol. The lowest BCUT2D eigenvalue weighted by atomic mass is 10.7. The lowest BCUT2D eigenvalue weighted by molar-refractivity contribution is 0.506. The maximum Gasteiger partial charge on any atom is 0.228 e. The molecule has 0 aromatic heterocycles. The van der Waals surface area contributed by atoms with E-state index in [0.29, 0.717) is 0 Å². The van der Waals surface area contributed by atoms with Gasteiger partial charge in [-0.3, -0.25) is 0 Å². The highest BCUT2D eigenvalue weighted by Crippen LogP contribution is 1.94. The van der Waals surface area contributed by atoms with Crippen LogP contribution in [0.3, 0.4) is 0 Å². The van der Waals surface area contributed by atoms with Crippen molar-refractivity contribution in [3.05, 3.63) is 0 Å². The highest BCUT2D eigenvalue weighted by atomic mass is 32.2. The molecule has 0 aromatic rings. The fraction of sp³-hybridized carbons (Fsp3) is 0.500. The van der Waals surface area contributed by atoms with Crippen molar-refractivity contribution >= 4 is 10.0 Å². The Hall–Kier alpha value is -1.04. The van der Waals surface area contributed by atoms with Gasteiger partial charge in [0, 0.05) is 7.05 Å². The second kappa shape index (κ2) is 3.97. The molecule has 0 amide bonds. The van der Waals surface area contributed by atoms with E-state index in [2.05, 4.69) is 5.92 Å². The summed E-state index contributed by atoms with van der Waals surface area (Å²) in [7, 11) is -2.10. The fourth-order valence-corrected chi connectivity index (χ4v) is 1.07. The molecular weight excluding hydrogens is 164 g/mol. The minimum atomic E-state index is -3.44. The maximum absolute atomic E-state index is 10.9. The van der Waals surface area contributed by atoms with E-state index < -0.39 is 15.8 Å². The van der Waals surface area contributed by atoms with Crippen molar-refractivity contribution < 1.29 is 8.42 Å². The molecule has 0 aliphatic heterocycles.